The van der Waals surface area contributed by atoms with Crippen molar-refractivity contribution in [1.29, 1.82) is 0 Å². The number of carbonyl (C=O) groups excluding carboxylic acids is 2. The van der Waals surface area contributed by atoms with Crippen LogP contribution in [0.25, 0.3) is 0 Å². The summed E-state index contributed by atoms with van der Waals surface area (Å²) in [6.07, 6.45) is 2.98. The molecule has 5 heteroatoms. The van der Waals surface area contributed by atoms with Crippen LogP contribution >= 0.6 is 0 Å². The summed E-state index contributed by atoms with van der Waals surface area (Å²) in [5, 5.41) is 2.63. The second-order valence-electron chi connectivity index (χ2n) is 6.43. The lowest BCUT2D eigenvalue weighted by molar-refractivity contribution is -0.152. The van der Waals surface area contributed by atoms with Crippen molar-refractivity contribution in [1.82, 2.24) is 0 Å². The van der Waals surface area contributed by atoms with Gasteiger partial charge in [-0.2, -0.15) is 0 Å². The average molecular weight is 321 g/mol. The zero-order chi connectivity index (χ0) is 16.8. The smallest absolute Gasteiger partial charge is 0.306 e. The van der Waals surface area contributed by atoms with Gasteiger partial charge in [0.2, 0.25) is 5.91 Å². The minimum atomic E-state index is -0.359. The standard InChI is InChI=1S/C18H24FNO3/c1-12-3-8-16(11-13(12)2)23-18(22)10-9-17(21)20-15-6-4-14(19)5-7-15/h4-7,12-13,16H,3,8-11H2,1-2H3,(H,20,21)/t12-,13+,16+/m1/s1. The molecule has 126 valence electrons. The van der Waals surface area contributed by atoms with Gasteiger partial charge in [0.15, 0.2) is 0 Å². The number of nitrogens with one attached hydrogen (secondary N) is 1. The molecule has 3 atom stereocenters. The first kappa shape index (κ1) is 17.4. The summed E-state index contributed by atoms with van der Waals surface area (Å²) in [4.78, 5) is 23.6. The number of carbonyl (C=O) groups is 2. The van der Waals surface area contributed by atoms with E-state index in [-0.39, 0.29) is 36.6 Å². The summed E-state index contributed by atoms with van der Waals surface area (Å²) >= 11 is 0. The number of hydrogen-bond acceptors (Lipinski definition) is 3. The van der Waals surface area contributed by atoms with E-state index in [0.29, 0.717) is 17.5 Å². The van der Waals surface area contributed by atoms with Gasteiger partial charge in [-0.25, -0.2) is 4.39 Å². The molecule has 4 nitrogen and oxygen atoms in total. The third kappa shape index (κ3) is 5.66. The largest absolute Gasteiger partial charge is 0.462 e. The molecule has 0 radical (unpaired) electrons. The predicted octanol–water partition coefficient (Wildman–Crippen LogP) is 3.91. The van der Waals surface area contributed by atoms with E-state index < -0.39 is 0 Å². The molecule has 0 bridgehead atoms. The third-order valence-electron chi connectivity index (χ3n) is 4.53. The second kappa shape index (κ2) is 8.09. The summed E-state index contributed by atoms with van der Waals surface area (Å²) in [7, 11) is 0. The molecular weight excluding hydrogens is 297 g/mol. The maximum atomic E-state index is 12.8. The SMILES string of the molecule is C[C@@H]1CC[C@H](OC(=O)CCC(=O)Nc2ccc(F)cc2)C[C@@H]1C. The minimum absolute atomic E-state index is 0.0196. The lowest BCUT2D eigenvalue weighted by Crippen LogP contribution is -2.29. The topological polar surface area (TPSA) is 55.4 Å². The molecule has 0 spiro atoms. The Balaban J connectivity index is 1.69. The average Bonchev–Trinajstić information content (AvgIpc) is 2.51. The number of amides is 1. The van der Waals surface area contributed by atoms with E-state index in [1.165, 1.54) is 24.3 Å². The summed E-state index contributed by atoms with van der Waals surface area (Å²) in [5.41, 5.74) is 0.514. The van der Waals surface area contributed by atoms with Crippen molar-refractivity contribution in [2.75, 3.05) is 5.32 Å². The zero-order valence-corrected chi connectivity index (χ0v) is 13.7. The lowest BCUT2D eigenvalue weighted by atomic mass is 9.80. The third-order valence-corrected chi connectivity index (χ3v) is 4.53. The highest BCUT2D eigenvalue weighted by Gasteiger charge is 2.27. The van der Waals surface area contributed by atoms with Gasteiger partial charge < -0.3 is 10.1 Å². The Kier molecular flexibility index (Phi) is 6.13. The van der Waals surface area contributed by atoms with Gasteiger partial charge in [-0.05, 0) is 55.4 Å². The highest BCUT2D eigenvalue weighted by Crippen LogP contribution is 2.31. The quantitative estimate of drug-likeness (QED) is 0.837. The van der Waals surface area contributed by atoms with Crippen LogP contribution in [0, 0.1) is 17.7 Å². The van der Waals surface area contributed by atoms with Crippen LogP contribution in [0.5, 0.6) is 0 Å². The molecule has 0 saturated heterocycles. The number of rotatable bonds is 5. The molecule has 0 unspecified atom stereocenters. The van der Waals surface area contributed by atoms with Crippen LogP contribution in [0.15, 0.2) is 24.3 Å². The molecule has 1 N–H and O–H groups in total. The van der Waals surface area contributed by atoms with Gasteiger partial charge in [0.25, 0.3) is 0 Å². The molecule has 1 aromatic rings. The Morgan fingerprint density at radius 1 is 1.13 bits per heavy atom. The van der Waals surface area contributed by atoms with Gasteiger partial charge in [-0.3, -0.25) is 9.59 Å². The predicted molar refractivity (Wildman–Crippen MR) is 86.3 cm³/mol. The summed E-state index contributed by atoms with van der Waals surface area (Å²) in [6, 6.07) is 5.51. The van der Waals surface area contributed by atoms with Crippen LogP contribution in [0.2, 0.25) is 0 Å². The maximum absolute atomic E-state index is 12.8. The van der Waals surface area contributed by atoms with E-state index >= 15 is 0 Å². The van der Waals surface area contributed by atoms with Crippen molar-refractivity contribution in [3.8, 4) is 0 Å². The van der Waals surface area contributed by atoms with Gasteiger partial charge in [0, 0.05) is 12.1 Å². The van der Waals surface area contributed by atoms with E-state index in [4.69, 9.17) is 4.74 Å². The minimum Gasteiger partial charge on any atom is -0.462 e. The molecule has 0 heterocycles. The number of anilines is 1. The molecule has 0 aliphatic heterocycles. The van der Waals surface area contributed by atoms with E-state index in [1.807, 2.05) is 0 Å². The van der Waals surface area contributed by atoms with Crippen LogP contribution < -0.4 is 5.32 Å². The number of hydrogen-bond donors (Lipinski definition) is 1. The normalized spacial score (nSPS) is 24.0. The van der Waals surface area contributed by atoms with Crippen molar-refractivity contribution < 1.29 is 18.7 Å². The Morgan fingerprint density at radius 2 is 1.83 bits per heavy atom. The first-order chi connectivity index (χ1) is 10.9. The fourth-order valence-electron chi connectivity index (χ4n) is 2.82. The molecule has 0 aromatic heterocycles. The van der Waals surface area contributed by atoms with Gasteiger partial charge >= 0.3 is 5.97 Å². The van der Waals surface area contributed by atoms with Crippen molar-refractivity contribution in [3.05, 3.63) is 30.1 Å². The zero-order valence-electron chi connectivity index (χ0n) is 13.7. The molecule has 23 heavy (non-hydrogen) atoms. The summed E-state index contributed by atoms with van der Waals surface area (Å²) < 4.78 is 18.2. The van der Waals surface area contributed by atoms with Crippen molar-refractivity contribution in [2.45, 2.75) is 52.1 Å². The van der Waals surface area contributed by atoms with E-state index in [2.05, 4.69) is 19.2 Å². The Bertz CT molecular complexity index is 544. The molecule has 1 saturated carbocycles. The van der Waals surface area contributed by atoms with Crippen LogP contribution in [0.1, 0.15) is 46.0 Å². The monoisotopic (exact) mass is 321 g/mol. The Hall–Kier alpha value is -1.91. The summed E-state index contributed by atoms with van der Waals surface area (Å²) in [5.74, 6) is 0.266. The maximum Gasteiger partial charge on any atom is 0.306 e. The first-order valence-electron chi connectivity index (χ1n) is 8.19. The van der Waals surface area contributed by atoms with Crippen molar-refractivity contribution >= 4 is 17.6 Å². The van der Waals surface area contributed by atoms with Gasteiger partial charge in [-0.15, -0.1) is 0 Å². The first-order valence-corrected chi connectivity index (χ1v) is 8.19. The molecule has 1 aliphatic carbocycles. The Morgan fingerprint density at radius 3 is 2.48 bits per heavy atom. The number of benzene rings is 1. The van der Waals surface area contributed by atoms with Gasteiger partial charge in [0.1, 0.15) is 11.9 Å². The van der Waals surface area contributed by atoms with Crippen LogP contribution in [-0.2, 0) is 14.3 Å². The van der Waals surface area contributed by atoms with Crippen molar-refractivity contribution in [2.24, 2.45) is 11.8 Å². The molecule has 1 aliphatic rings. The fourth-order valence-corrected chi connectivity index (χ4v) is 2.82. The number of esters is 1. The van der Waals surface area contributed by atoms with Gasteiger partial charge in [-0.1, -0.05) is 13.8 Å². The number of halogens is 1. The fraction of sp³-hybridized carbons (Fsp3) is 0.556. The van der Waals surface area contributed by atoms with Gasteiger partial charge in [0.05, 0.1) is 6.42 Å². The van der Waals surface area contributed by atoms with E-state index in [1.54, 1.807) is 0 Å². The van der Waals surface area contributed by atoms with E-state index in [0.717, 1.165) is 19.3 Å². The highest BCUT2D eigenvalue weighted by molar-refractivity contribution is 5.92. The summed E-state index contributed by atoms with van der Waals surface area (Å²) in [6.45, 7) is 4.41. The van der Waals surface area contributed by atoms with Crippen molar-refractivity contribution in [3.63, 3.8) is 0 Å². The van der Waals surface area contributed by atoms with Crippen LogP contribution in [-0.4, -0.2) is 18.0 Å². The Labute approximate surface area is 136 Å². The molecule has 1 aromatic carbocycles. The molecular formula is C18H24FNO3. The second-order valence-corrected chi connectivity index (χ2v) is 6.43. The molecule has 1 fully saturated rings. The van der Waals surface area contributed by atoms with E-state index in [9.17, 15) is 14.0 Å². The van der Waals surface area contributed by atoms with Crippen LogP contribution in [0.4, 0.5) is 10.1 Å². The molecule has 2 rings (SSSR count). The number of ether oxygens (including phenoxy) is 1. The lowest BCUT2D eigenvalue weighted by Gasteiger charge is -2.31. The van der Waals surface area contributed by atoms with Crippen LogP contribution in [0.3, 0.4) is 0 Å². The highest BCUT2D eigenvalue weighted by atomic mass is 19.1. The molecule has 1 amide bonds.